The van der Waals surface area contributed by atoms with Crippen LogP contribution in [0.4, 0.5) is 8.78 Å². The van der Waals surface area contributed by atoms with Gasteiger partial charge in [-0.15, -0.1) is 0 Å². The zero-order valence-corrected chi connectivity index (χ0v) is 12.5. The number of methoxy groups -OCH3 is 1. The molecular formula is C15H23F2NO3. The molecule has 1 unspecified atom stereocenters. The number of likely N-dealkylation sites (N-methyl/N-ethyl adjacent to an activating group) is 1. The lowest BCUT2D eigenvalue weighted by Crippen LogP contribution is -2.23. The van der Waals surface area contributed by atoms with Gasteiger partial charge in [-0.1, -0.05) is 12.1 Å². The van der Waals surface area contributed by atoms with E-state index in [0.717, 1.165) is 12.5 Å². The van der Waals surface area contributed by atoms with Gasteiger partial charge in [0.15, 0.2) is 11.6 Å². The zero-order chi connectivity index (χ0) is 15.5. The zero-order valence-electron chi connectivity index (χ0n) is 12.5. The molecule has 0 aliphatic carbocycles. The number of benzene rings is 1. The first-order valence-corrected chi connectivity index (χ1v) is 6.96. The van der Waals surface area contributed by atoms with Gasteiger partial charge in [-0.2, -0.15) is 0 Å². The Labute approximate surface area is 124 Å². The van der Waals surface area contributed by atoms with Gasteiger partial charge in [0.1, 0.15) is 0 Å². The van der Waals surface area contributed by atoms with Crippen LogP contribution in [0.15, 0.2) is 18.2 Å². The van der Waals surface area contributed by atoms with Crippen LogP contribution in [0.5, 0.6) is 0 Å². The molecule has 0 saturated heterocycles. The van der Waals surface area contributed by atoms with Crippen molar-refractivity contribution in [2.24, 2.45) is 0 Å². The largest absolute Gasteiger partial charge is 0.382 e. The molecular weight excluding hydrogens is 280 g/mol. The van der Waals surface area contributed by atoms with Crippen molar-refractivity contribution in [2.45, 2.75) is 12.5 Å². The summed E-state index contributed by atoms with van der Waals surface area (Å²) in [5.41, 5.74) is 0.272. The Balaban J connectivity index is 2.27. The van der Waals surface area contributed by atoms with E-state index in [1.165, 1.54) is 6.07 Å². The van der Waals surface area contributed by atoms with Crippen molar-refractivity contribution >= 4 is 0 Å². The molecule has 0 aliphatic rings. The molecule has 0 bridgehead atoms. The van der Waals surface area contributed by atoms with Crippen LogP contribution in [-0.4, -0.2) is 47.2 Å². The molecule has 6 heteroatoms. The summed E-state index contributed by atoms with van der Waals surface area (Å²) in [6.07, 6.45) is 0.742. The highest BCUT2D eigenvalue weighted by Gasteiger charge is 2.16. The van der Waals surface area contributed by atoms with Crippen molar-refractivity contribution in [3.8, 4) is 0 Å². The minimum Gasteiger partial charge on any atom is -0.382 e. The Morgan fingerprint density at radius 2 is 1.86 bits per heavy atom. The van der Waals surface area contributed by atoms with Crippen molar-refractivity contribution in [3.63, 3.8) is 0 Å². The smallest absolute Gasteiger partial charge is 0.163 e. The third-order valence-corrected chi connectivity index (χ3v) is 3.00. The monoisotopic (exact) mass is 303 g/mol. The van der Waals surface area contributed by atoms with Crippen molar-refractivity contribution in [2.75, 3.05) is 47.2 Å². The Kier molecular flexibility index (Phi) is 9.09. The molecule has 0 heterocycles. The van der Waals surface area contributed by atoms with Crippen LogP contribution < -0.4 is 5.32 Å². The lowest BCUT2D eigenvalue weighted by Gasteiger charge is -2.17. The lowest BCUT2D eigenvalue weighted by atomic mass is 10.1. The third kappa shape index (κ3) is 6.48. The first-order valence-electron chi connectivity index (χ1n) is 6.96. The first kappa shape index (κ1) is 18.0. The summed E-state index contributed by atoms with van der Waals surface area (Å²) >= 11 is 0. The van der Waals surface area contributed by atoms with Gasteiger partial charge in [-0.25, -0.2) is 8.78 Å². The molecule has 0 fully saturated rings. The second kappa shape index (κ2) is 10.6. The van der Waals surface area contributed by atoms with Gasteiger partial charge in [0.05, 0.1) is 25.9 Å². The highest BCUT2D eigenvalue weighted by molar-refractivity contribution is 5.22. The van der Waals surface area contributed by atoms with E-state index in [1.807, 2.05) is 0 Å². The predicted molar refractivity (Wildman–Crippen MR) is 76.3 cm³/mol. The van der Waals surface area contributed by atoms with Gasteiger partial charge in [-0.3, -0.25) is 0 Å². The van der Waals surface area contributed by atoms with E-state index < -0.39 is 11.6 Å². The van der Waals surface area contributed by atoms with Crippen molar-refractivity contribution in [1.82, 2.24) is 5.32 Å². The Morgan fingerprint density at radius 1 is 1.10 bits per heavy atom. The molecule has 0 amide bonds. The molecule has 120 valence electrons. The van der Waals surface area contributed by atoms with Crippen molar-refractivity contribution < 1.29 is 23.0 Å². The number of halogens is 2. The van der Waals surface area contributed by atoms with Crippen LogP contribution >= 0.6 is 0 Å². The van der Waals surface area contributed by atoms with E-state index in [1.54, 1.807) is 20.2 Å². The van der Waals surface area contributed by atoms with Gasteiger partial charge >= 0.3 is 0 Å². The van der Waals surface area contributed by atoms with E-state index in [9.17, 15) is 8.78 Å². The average Bonchev–Trinajstić information content (AvgIpc) is 2.49. The van der Waals surface area contributed by atoms with Crippen LogP contribution in [0.25, 0.3) is 0 Å². The summed E-state index contributed by atoms with van der Waals surface area (Å²) in [5, 5.41) is 2.93. The number of ether oxygens (including phenoxy) is 3. The van der Waals surface area contributed by atoms with Gasteiger partial charge in [0, 0.05) is 25.9 Å². The topological polar surface area (TPSA) is 39.7 Å². The van der Waals surface area contributed by atoms with Crippen LogP contribution in [0, 0.1) is 11.6 Å². The summed E-state index contributed by atoms with van der Waals surface area (Å²) < 4.78 is 42.5. The average molecular weight is 303 g/mol. The van der Waals surface area contributed by atoms with E-state index >= 15 is 0 Å². The fourth-order valence-corrected chi connectivity index (χ4v) is 1.83. The SMILES string of the molecule is CNC(COCCCOCCOC)c1cccc(F)c1F. The summed E-state index contributed by atoms with van der Waals surface area (Å²) in [6, 6.07) is 3.76. The van der Waals surface area contributed by atoms with Gasteiger partial charge in [0.2, 0.25) is 0 Å². The Hall–Kier alpha value is -1.08. The normalized spacial score (nSPS) is 12.6. The Bertz CT molecular complexity index is 405. The third-order valence-electron chi connectivity index (χ3n) is 3.00. The quantitative estimate of drug-likeness (QED) is 0.637. The van der Waals surface area contributed by atoms with Crippen LogP contribution in [-0.2, 0) is 14.2 Å². The van der Waals surface area contributed by atoms with Gasteiger partial charge in [0.25, 0.3) is 0 Å². The molecule has 0 spiro atoms. The molecule has 1 atom stereocenters. The van der Waals surface area contributed by atoms with Crippen molar-refractivity contribution in [1.29, 1.82) is 0 Å². The molecule has 1 N–H and O–H groups in total. The van der Waals surface area contributed by atoms with E-state index in [0.29, 0.717) is 26.4 Å². The van der Waals surface area contributed by atoms with Gasteiger partial charge < -0.3 is 19.5 Å². The first-order chi connectivity index (χ1) is 10.2. The van der Waals surface area contributed by atoms with E-state index in [4.69, 9.17) is 14.2 Å². The maximum Gasteiger partial charge on any atom is 0.163 e. The van der Waals surface area contributed by atoms with E-state index in [-0.39, 0.29) is 18.2 Å². The fourth-order valence-electron chi connectivity index (χ4n) is 1.83. The molecule has 4 nitrogen and oxygen atoms in total. The minimum absolute atomic E-state index is 0.272. The van der Waals surface area contributed by atoms with Crippen LogP contribution in [0.1, 0.15) is 18.0 Å². The van der Waals surface area contributed by atoms with Crippen molar-refractivity contribution in [3.05, 3.63) is 35.4 Å². The maximum atomic E-state index is 13.7. The summed E-state index contributed by atoms with van der Waals surface area (Å²) in [4.78, 5) is 0. The number of nitrogens with one attached hydrogen (secondary N) is 1. The highest BCUT2D eigenvalue weighted by atomic mass is 19.2. The summed E-state index contributed by atoms with van der Waals surface area (Å²) in [7, 11) is 3.31. The van der Waals surface area contributed by atoms with Crippen LogP contribution in [0.2, 0.25) is 0 Å². The van der Waals surface area contributed by atoms with Crippen LogP contribution in [0.3, 0.4) is 0 Å². The molecule has 0 radical (unpaired) electrons. The maximum absolute atomic E-state index is 13.7. The fraction of sp³-hybridized carbons (Fsp3) is 0.600. The number of rotatable bonds is 11. The molecule has 0 saturated carbocycles. The molecule has 1 aromatic rings. The molecule has 0 aliphatic heterocycles. The molecule has 1 rings (SSSR count). The Morgan fingerprint density at radius 3 is 2.57 bits per heavy atom. The second-order valence-corrected chi connectivity index (χ2v) is 4.52. The highest BCUT2D eigenvalue weighted by Crippen LogP contribution is 2.19. The van der Waals surface area contributed by atoms with Gasteiger partial charge in [-0.05, 0) is 19.5 Å². The number of hydrogen-bond acceptors (Lipinski definition) is 4. The molecule has 21 heavy (non-hydrogen) atoms. The standard InChI is InChI=1S/C15H23F2NO3/c1-18-14(12-5-3-6-13(16)15(12)17)11-21-8-4-7-20-10-9-19-2/h3,5-6,14,18H,4,7-11H2,1-2H3. The molecule has 1 aromatic carbocycles. The second-order valence-electron chi connectivity index (χ2n) is 4.52. The van der Waals surface area contributed by atoms with E-state index in [2.05, 4.69) is 5.32 Å². The number of hydrogen-bond donors (Lipinski definition) is 1. The summed E-state index contributed by atoms with van der Waals surface area (Å²) in [5.74, 6) is -1.68. The summed E-state index contributed by atoms with van der Waals surface area (Å²) in [6.45, 7) is 2.49. The molecule has 0 aromatic heterocycles. The lowest BCUT2D eigenvalue weighted by molar-refractivity contribution is 0.0476. The predicted octanol–water partition coefficient (Wildman–Crippen LogP) is 2.29. The minimum atomic E-state index is -0.848.